The molecule has 0 radical (unpaired) electrons. The number of hydrogen-bond donors (Lipinski definition) is 0. The smallest absolute Gasteiger partial charge is 0.0786 e. The molecule has 14 heavy (non-hydrogen) atoms. The Morgan fingerprint density at radius 2 is 1.43 bits per heavy atom. The molecule has 0 saturated carbocycles. The summed E-state index contributed by atoms with van der Waals surface area (Å²) in [5, 5.41) is 0. The fourth-order valence-electron chi connectivity index (χ4n) is 2.89. The number of hydrogen-bond acceptors (Lipinski definition) is 0. The van der Waals surface area contributed by atoms with E-state index in [0.29, 0.717) is 0 Å². The first kappa shape index (κ1) is 12.0. The van der Waals surface area contributed by atoms with Crippen LogP contribution < -0.4 is 0 Å². The summed E-state index contributed by atoms with van der Waals surface area (Å²) in [6.07, 6.45) is 10.1. The van der Waals surface area contributed by atoms with Crippen LogP contribution in [0.1, 0.15) is 58.8 Å². The molecule has 1 aliphatic heterocycles. The molecule has 0 aromatic carbocycles. The minimum Gasteiger partial charge on any atom is -0.324 e. The second-order valence-corrected chi connectivity index (χ2v) is 5.00. The molecule has 1 heterocycles. The zero-order valence-electron chi connectivity index (χ0n) is 10.2. The van der Waals surface area contributed by atoms with Crippen molar-refractivity contribution in [2.45, 2.75) is 58.8 Å². The molecule has 1 rings (SSSR count). The van der Waals surface area contributed by atoms with E-state index < -0.39 is 0 Å². The molecule has 1 nitrogen and oxygen atoms in total. The summed E-state index contributed by atoms with van der Waals surface area (Å²) >= 11 is 0. The lowest BCUT2D eigenvalue weighted by Crippen LogP contribution is -2.49. The molecule has 0 unspecified atom stereocenters. The van der Waals surface area contributed by atoms with Gasteiger partial charge in [-0.2, -0.15) is 0 Å². The fourth-order valence-corrected chi connectivity index (χ4v) is 2.89. The van der Waals surface area contributed by atoms with Crippen LogP contribution in [-0.2, 0) is 0 Å². The van der Waals surface area contributed by atoms with E-state index in [0.717, 1.165) is 0 Å². The van der Waals surface area contributed by atoms with E-state index in [1.165, 1.54) is 75.6 Å². The van der Waals surface area contributed by atoms with Crippen molar-refractivity contribution < 1.29 is 4.48 Å². The van der Waals surface area contributed by atoms with Crippen LogP contribution >= 0.6 is 0 Å². The van der Waals surface area contributed by atoms with Gasteiger partial charge in [-0.05, 0) is 38.5 Å². The zero-order valence-corrected chi connectivity index (χ0v) is 10.2. The van der Waals surface area contributed by atoms with E-state index in [1.54, 1.807) is 0 Å². The number of likely N-dealkylation sites (tertiary alicyclic amines) is 1. The van der Waals surface area contributed by atoms with Crippen molar-refractivity contribution in [3.05, 3.63) is 0 Å². The van der Waals surface area contributed by atoms with Gasteiger partial charge in [0.15, 0.2) is 0 Å². The number of rotatable bonds is 5. The summed E-state index contributed by atoms with van der Waals surface area (Å²) in [7, 11) is 0. The van der Waals surface area contributed by atoms with Crippen molar-refractivity contribution in [3.63, 3.8) is 0 Å². The second kappa shape index (κ2) is 6.44. The first-order chi connectivity index (χ1) is 6.83. The molecule has 1 saturated heterocycles. The van der Waals surface area contributed by atoms with Crippen molar-refractivity contribution in [1.29, 1.82) is 0 Å². The van der Waals surface area contributed by atoms with Crippen molar-refractivity contribution in [2.24, 2.45) is 0 Å². The summed E-state index contributed by atoms with van der Waals surface area (Å²) in [6, 6.07) is 0. The second-order valence-electron chi connectivity index (χ2n) is 5.00. The molecule has 0 atom stereocenters. The van der Waals surface area contributed by atoms with Crippen LogP contribution in [0.3, 0.4) is 0 Å². The highest BCUT2D eigenvalue weighted by Gasteiger charge is 2.26. The molecule has 84 valence electrons. The van der Waals surface area contributed by atoms with Gasteiger partial charge in [0.2, 0.25) is 0 Å². The Balaban J connectivity index is 2.48. The Kier molecular flexibility index (Phi) is 5.54. The van der Waals surface area contributed by atoms with E-state index in [-0.39, 0.29) is 0 Å². The Morgan fingerprint density at radius 3 is 1.93 bits per heavy atom. The van der Waals surface area contributed by atoms with E-state index in [4.69, 9.17) is 0 Å². The maximum atomic E-state index is 2.34. The fraction of sp³-hybridized carbons (Fsp3) is 1.00. The molecule has 1 heteroatoms. The SMILES string of the molecule is CCCC[N+]1(CCC)CCCCCC1. The van der Waals surface area contributed by atoms with Crippen LogP contribution in [0.15, 0.2) is 0 Å². The zero-order chi connectivity index (χ0) is 10.3. The highest BCUT2D eigenvalue weighted by Crippen LogP contribution is 2.20. The van der Waals surface area contributed by atoms with Crippen molar-refractivity contribution >= 4 is 0 Å². The highest BCUT2D eigenvalue weighted by molar-refractivity contribution is 4.54. The minimum atomic E-state index is 1.36. The van der Waals surface area contributed by atoms with E-state index in [9.17, 15) is 0 Å². The molecule has 0 bridgehead atoms. The number of unbranched alkanes of at least 4 members (excludes halogenated alkanes) is 1. The van der Waals surface area contributed by atoms with E-state index in [2.05, 4.69) is 13.8 Å². The molecule has 0 N–H and O–H groups in total. The van der Waals surface area contributed by atoms with Crippen LogP contribution in [-0.4, -0.2) is 30.7 Å². The van der Waals surface area contributed by atoms with Crippen LogP contribution in [0.25, 0.3) is 0 Å². The standard InChI is InChI=1S/C13H28N/c1-3-5-11-14(10-4-2)12-8-6-7-9-13-14/h3-13H2,1-2H3/q+1. The van der Waals surface area contributed by atoms with Crippen LogP contribution in [0.2, 0.25) is 0 Å². The average molecular weight is 198 g/mol. The van der Waals surface area contributed by atoms with Gasteiger partial charge in [-0.25, -0.2) is 0 Å². The molecule has 1 fully saturated rings. The quantitative estimate of drug-likeness (QED) is 0.592. The van der Waals surface area contributed by atoms with Gasteiger partial charge in [0.25, 0.3) is 0 Å². The summed E-state index contributed by atoms with van der Waals surface area (Å²) in [4.78, 5) is 0. The summed E-state index contributed by atoms with van der Waals surface area (Å²) < 4.78 is 1.45. The summed E-state index contributed by atoms with van der Waals surface area (Å²) in [6.45, 7) is 10.5. The Hall–Kier alpha value is -0.0400. The maximum absolute atomic E-state index is 2.34. The Bertz CT molecular complexity index is 134. The molecule has 0 aliphatic carbocycles. The van der Waals surface area contributed by atoms with Crippen molar-refractivity contribution in [1.82, 2.24) is 0 Å². The van der Waals surface area contributed by atoms with Gasteiger partial charge in [0.1, 0.15) is 0 Å². The number of nitrogens with zero attached hydrogens (tertiary/aromatic N) is 1. The van der Waals surface area contributed by atoms with Gasteiger partial charge in [0, 0.05) is 0 Å². The number of quaternary nitrogens is 1. The van der Waals surface area contributed by atoms with Gasteiger partial charge >= 0.3 is 0 Å². The summed E-state index contributed by atoms with van der Waals surface area (Å²) in [5.74, 6) is 0. The maximum Gasteiger partial charge on any atom is 0.0786 e. The van der Waals surface area contributed by atoms with Crippen molar-refractivity contribution in [2.75, 3.05) is 26.2 Å². The van der Waals surface area contributed by atoms with Gasteiger partial charge in [-0.3, -0.25) is 0 Å². The van der Waals surface area contributed by atoms with Crippen LogP contribution in [0, 0.1) is 0 Å². The molecule has 1 aliphatic rings. The molecule has 0 aromatic rings. The summed E-state index contributed by atoms with van der Waals surface area (Å²) in [5.41, 5.74) is 0. The molecular weight excluding hydrogens is 170 g/mol. The van der Waals surface area contributed by atoms with Crippen molar-refractivity contribution in [3.8, 4) is 0 Å². The first-order valence-corrected chi connectivity index (χ1v) is 6.68. The third-order valence-electron chi connectivity index (χ3n) is 3.70. The van der Waals surface area contributed by atoms with E-state index in [1.807, 2.05) is 0 Å². The van der Waals surface area contributed by atoms with Gasteiger partial charge in [0.05, 0.1) is 26.2 Å². The lowest BCUT2D eigenvalue weighted by Gasteiger charge is -2.37. The van der Waals surface area contributed by atoms with E-state index >= 15 is 0 Å². The van der Waals surface area contributed by atoms with Crippen LogP contribution in [0.5, 0.6) is 0 Å². The average Bonchev–Trinajstić information content (AvgIpc) is 2.42. The lowest BCUT2D eigenvalue weighted by atomic mass is 10.2. The van der Waals surface area contributed by atoms with Gasteiger partial charge in [-0.1, -0.05) is 20.3 Å². The first-order valence-electron chi connectivity index (χ1n) is 6.68. The normalized spacial score (nSPS) is 21.9. The predicted octanol–water partition coefficient (Wildman–Crippen LogP) is 3.59. The topological polar surface area (TPSA) is 0 Å². The molecule has 0 amide bonds. The molecular formula is C13H28N+. The van der Waals surface area contributed by atoms with Crippen LogP contribution in [0.4, 0.5) is 0 Å². The lowest BCUT2D eigenvalue weighted by molar-refractivity contribution is -0.927. The Morgan fingerprint density at radius 1 is 0.786 bits per heavy atom. The monoisotopic (exact) mass is 198 g/mol. The van der Waals surface area contributed by atoms with Gasteiger partial charge < -0.3 is 4.48 Å². The largest absolute Gasteiger partial charge is 0.324 e. The third kappa shape index (κ3) is 3.61. The minimum absolute atomic E-state index is 1.36. The predicted molar refractivity (Wildman–Crippen MR) is 63.4 cm³/mol. The highest BCUT2D eigenvalue weighted by atomic mass is 15.3. The Labute approximate surface area is 90.1 Å². The van der Waals surface area contributed by atoms with Gasteiger partial charge in [-0.15, -0.1) is 0 Å². The molecule has 0 spiro atoms. The molecule has 0 aromatic heterocycles. The third-order valence-corrected chi connectivity index (χ3v) is 3.70.